The fourth-order valence-electron chi connectivity index (χ4n) is 7.65. The Hall–Kier alpha value is -2.48. The van der Waals surface area contributed by atoms with E-state index < -0.39 is 11.2 Å². The summed E-state index contributed by atoms with van der Waals surface area (Å²) in [5.41, 5.74) is 2.39. The quantitative estimate of drug-likeness (QED) is 0.190. The number of aliphatic hydroxyl groups is 2. The molecule has 0 amide bonds. The molecule has 6 rings (SSSR count). The summed E-state index contributed by atoms with van der Waals surface area (Å²) in [5, 5.41) is 22.6. The number of ether oxygens (including phenoxy) is 1. The highest BCUT2D eigenvalue weighted by molar-refractivity contribution is 7.98. The lowest BCUT2D eigenvalue weighted by Gasteiger charge is -2.41. The highest BCUT2D eigenvalue weighted by Crippen LogP contribution is 2.42. The smallest absolute Gasteiger partial charge is 0.193 e. The first kappa shape index (κ1) is 34.8. The molecule has 3 fully saturated rings. The van der Waals surface area contributed by atoms with Crippen molar-refractivity contribution in [1.82, 2.24) is 4.90 Å². The summed E-state index contributed by atoms with van der Waals surface area (Å²) in [4.78, 5) is 17.5. The summed E-state index contributed by atoms with van der Waals surface area (Å²) >= 11 is 1.80. The van der Waals surface area contributed by atoms with Gasteiger partial charge in [-0.1, -0.05) is 99.2 Å². The molecular formula is C40H53NO4S. The van der Waals surface area contributed by atoms with Crippen molar-refractivity contribution >= 4 is 17.5 Å². The summed E-state index contributed by atoms with van der Waals surface area (Å²) in [7, 11) is 0. The summed E-state index contributed by atoms with van der Waals surface area (Å²) in [6.07, 6.45) is 12.2. The Morgan fingerprint density at radius 2 is 1.20 bits per heavy atom. The molecule has 6 heteroatoms. The predicted octanol–water partition coefficient (Wildman–Crippen LogP) is 8.28. The summed E-state index contributed by atoms with van der Waals surface area (Å²) in [6.45, 7) is 8.51. The van der Waals surface area contributed by atoms with Crippen LogP contribution in [0.25, 0.3) is 0 Å². The molecule has 46 heavy (non-hydrogen) atoms. The van der Waals surface area contributed by atoms with Crippen molar-refractivity contribution in [2.75, 3.05) is 32.6 Å². The van der Waals surface area contributed by atoms with E-state index in [0.29, 0.717) is 36.8 Å². The zero-order valence-corrected chi connectivity index (χ0v) is 28.9. The standard InChI is InChI=1S/C25H30O3.C15H23NOS/c26-23(19-11-3-5-13-21(19)24(27)15-7-1-8-16-24)20-12-4-6-14-22(20)25(28)17-9-2-10-18-25;1-15(2,16-8-10-17-11-9-16)12-13-4-6-14(18-3)7-5-13/h3-6,11-14,27-28H,1-2,7-10,15-18H2;4-7H,8-12H2,1-3H3. The molecule has 0 radical (unpaired) electrons. The summed E-state index contributed by atoms with van der Waals surface area (Å²) in [6, 6.07) is 23.9. The minimum Gasteiger partial charge on any atom is -0.385 e. The summed E-state index contributed by atoms with van der Waals surface area (Å²) < 4.78 is 5.43. The van der Waals surface area contributed by atoms with Crippen LogP contribution in [0.2, 0.25) is 0 Å². The Morgan fingerprint density at radius 3 is 1.65 bits per heavy atom. The number of thioether (sulfide) groups is 1. The van der Waals surface area contributed by atoms with E-state index in [0.717, 1.165) is 82.4 Å². The second kappa shape index (κ2) is 15.6. The van der Waals surface area contributed by atoms with Crippen LogP contribution in [0.4, 0.5) is 0 Å². The van der Waals surface area contributed by atoms with Crippen LogP contribution in [0, 0.1) is 0 Å². The van der Waals surface area contributed by atoms with Crippen LogP contribution >= 0.6 is 11.8 Å². The van der Waals surface area contributed by atoms with Gasteiger partial charge in [-0.2, -0.15) is 0 Å². The van der Waals surface area contributed by atoms with Crippen molar-refractivity contribution in [3.63, 3.8) is 0 Å². The SMILES string of the molecule is CSc1ccc(CC(C)(C)N2CCOCC2)cc1.O=C(c1ccccc1C1(O)CCCCC1)c1ccccc1C1(O)CCCCC1. The molecule has 1 heterocycles. The van der Waals surface area contributed by atoms with Gasteiger partial charge in [-0.25, -0.2) is 0 Å². The highest BCUT2D eigenvalue weighted by atomic mass is 32.2. The van der Waals surface area contributed by atoms with Crippen molar-refractivity contribution < 1.29 is 19.7 Å². The van der Waals surface area contributed by atoms with E-state index in [2.05, 4.69) is 49.3 Å². The second-order valence-electron chi connectivity index (χ2n) is 14.0. The average Bonchev–Trinajstić information content (AvgIpc) is 3.09. The van der Waals surface area contributed by atoms with E-state index in [1.807, 2.05) is 48.5 Å². The van der Waals surface area contributed by atoms with Crippen LogP contribution in [0.1, 0.15) is 111 Å². The van der Waals surface area contributed by atoms with Crippen molar-refractivity contribution in [1.29, 1.82) is 0 Å². The lowest BCUT2D eigenvalue weighted by Crippen LogP contribution is -2.51. The van der Waals surface area contributed by atoms with E-state index in [4.69, 9.17) is 4.74 Å². The number of hydrogen-bond acceptors (Lipinski definition) is 6. The molecule has 1 saturated heterocycles. The number of ketones is 1. The van der Waals surface area contributed by atoms with Gasteiger partial charge in [-0.3, -0.25) is 9.69 Å². The zero-order chi connectivity index (χ0) is 32.6. The lowest BCUT2D eigenvalue weighted by atomic mass is 9.74. The molecule has 0 unspecified atom stereocenters. The van der Waals surface area contributed by atoms with Gasteiger partial charge >= 0.3 is 0 Å². The van der Waals surface area contributed by atoms with E-state index >= 15 is 0 Å². The Labute approximate surface area is 280 Å². The fraction of sp³-hybridized carbons (Fsp3) is 0.525. The number of benzene rings is 3. The Balaban J connectivity index is 0.000000200. The molecule has 5 nitrogen and oxygen atoms in total. The predicted molar refractivity (Wildman–Crippen MR) is 189 cm³/mol. The molecule has 0 spiro atoms. The molecule has 3 aromatic rings. The molecule has 2 N–H and O–H groups in total. The molecule has 0 aromatic heterocycles. The van der Waals surface area contributed by atoms with Gasteiger partial charge in [0.15, 0.2) is 5.78 Å². The monoisotopic (exact) mass is 643 g/mol. The van der Waals surface area contributed by atoms with Crippen LogP contribution < -0.4 is 0 Å². The van der Waals surface area contributed by atoms with Crippen LogP contribution in [0.15, 0.2) is 77.7 Å². The topological polar surface area (TPSA) is 70.0 Å². The van der Waals surface area contributed by atoms with Crippen LogP contribution in [-0.2, 0) is 22.4 Å². The van der Waals surface area contributed by atoms with Gasteiger partial charge < -0.3 is 14.9 Å². The van der Waals surface area contributed by atoms with Crippen molar-refractivity contribution in [3.05, 3.63) is 101 Å². The van der Waals surface area contributed by atoms with Gasteiger partial charge in [-0.05, 0) is 81.0 Å². The first-order valence-corrected chi connectivity index (χ1v) is 18.5. The number of carbonyl (C=O) groups excluding carboxylic acids is 1. The number of morpholine rings is 1. The van der Waals surface area contributed by atoms with Gasteiger partial charge in [0.05, 0.1) is 24.4 Å². The molecule has 2 saturated carbocycles. The lowest BCUT2D eigenvalue weighted by molar-refractivity contribution is -0.00984. The van der Waals surface area contributed by atoms with E-state index in [1.165, 1.54) is 10.5 Å². The number of hydrogen-bond donors (Lipinski definition) is 2. The second-order valence-corrected chi connectivity index (χ2v) is 14.9. The average molecular weight is 644 g/mol. The van der Waals surface area contributed by atoms with Crippen LogP contribution in [0.5, 0.6) is 0 Å². The molecule has 2 aliphatic carbocycles. The minimum absolute atomic E-state index is 0.0933. The minimum atomic E-state index is -0.929. The molecule has 3 aliphatic rings. The summed E-state index contributed by atoms with van der Waals surface area (Å²) in [5.74, 6) is -0.0933. The Morgan fingerprint density at radius 1 is 0.739 bits per heavy atom. The van der Waals surface area contributed by atoms with Gasteiger partial charge in [0.2, 0.25) is 0 Å². The number of nitrogens with zero attached hydrogens (tertiary/aromatic N) is 1. The third kappa shape index (κ3) is 8.32. The molecular weight excluding hydrogens is 591 g/mol. The maximum absolute atomic E-state index is 13.6. The number of rotatable bonds is 8. The first-order chi connectivity index (χ1) is 22.2. The normalized spacial score (nSPS) is 19.9. The largest absolute Gasteiger partial charge is 0.385 e. The van der Waals surface area contributed by atoms with Gasteiger partial charge in [0.25, 0.3) is 0 Å². The first-order valence-electron chi connectivity index (χ1n) is 17.3. The Kier molecular flexibility index (Phi) is 11.8. The van der Waals surface area contributed by atoms with Gasteiger partial charge in [0, 0.05) is 34.7 Å². The molecule has 0 bridgehead atoms. The zero-order valence-electron chi connectivity index (χ0n) is 28.1. The molecule has 3 aromatic carbocycles. The Bertz CT molecular complexity index is 1350. The highest BCUT2D eigenvalue weighted by Gasteiger charge is 2.37. The molecule has 0 atom stereocenters. The van der Waals surface area contributed by atoms with Gasteiger partial charge in [-0.15, -0.1) is 11.8 Å². The van der Waals surface area contributed by atoms with E-state index in [9.17, 15) is 15.0 Å². The van der Waals surface area contributed by atoms with Crippen molar-refractivity contribution in [2.45, 2.75) is 106 Å². The van der Waals surface area contributed by atoms with E-state index in [-0.39, 0.29) is 11.3 Å². The maximum Gasteiger partial charge on any atom is 0.193 e. The third-order valence-electron chi connectivity index (χ3n) is 10.4. The van der Waals surface area contributed by atoms with E-state index in [1.54, 1.807) is 11.8 Å². The van der Waals surface area contributed by atoms with Crippen molar-refractivity contribution in [2.24, 2.45) is 0 Å². The van der Waals surface area contributed by atoms with Gasteiger partial charge in [0.1, 0.15) is 0 Å². The van der Waals surface area contributed by atoms with Crippen LogP contribution in [0.3, 0.4) is 0 Å². The fourth-order valence-corrected chi connectivity index (χ4v) is 8.06. The number of carbonyl (C=O) groups is 1. The molecule has 248 valence electrons. The van der Waals surface area contributed by atoms with Crippen molar-refractivity contribution in [3.8, 4) is 0 Å². The van der Waals surface area contributed by atoms with Crippen LogP contribution in [-0.4, -0.2) is 59.0 Å². The maximum atomic E-state index is 13.6. The molecule has 1 aliphatic heterocycles. The third-order valence-corrected chi connectivity index (χ3v) is 11.1.